The maximum atomic E-state index is 5.37. The highest BCUT2D eigenvalue weighted by Gasteiger charge is 2.13. The van der Waals surface area contributed by atoms with Crippen LogP contribution >= 0.6 is 11.8 Å². The number of aromatic nitrogens is 3. The number of ether oxygens (including phenoxy) is 2. The molecule has 0 spiro atoms. The van der Waals surface area contributed by atoms with Crippen LogP contribution < -0.4 is 9.47 Å². The summed E-state index contributed by atoms with van der Waals surface area (Å²) in [4.78, 5) is 11.9. The van der Waals surface area contributed by atoms with Crippen LogP contribution in [0.3, 0.4) is 0 Å². The van der Waals surface area contributed by atoms with Crippen molar-refractivity contribution in [1.29, 1.82) is 0 Å². The SMILES string of the molecule is c1cnc2nc(SCc3ccc4c(c3)OCO4)[nH]c2c1. The second kappa shape index (κ2) is 4.72. The predicted octanol–water partition coefficient (Wildman–Crippen LogP) is 2.98. The summed E-state index contributed by atoms with van der Waals surface area (Å²) < 4.78 is 10.7. The third-order valence-corrected chi connectivity index (χ3v) is 3.99. The standard InChI is InChI=1S/C14H11N3O2S/c1-2-10-13(15-5-1)17-14(16-10)20-7-9-3-4-11-12(6-9)19-8-18-11/h1-6H,7-8H2,(H,15,16,17). The molecule has 0 bridgehead atoms. The molecule has 0 amide bonds. The van der Waals surface area contributed by atoms with E-state index >= 15 is 0 Å². The number of imidazole rings is 1. The van der Waals surface area contributed by atoms with E-state index in [1.807, 2.05) is 30.3 Å². The van der Waals surface area contributed by atoms with Gasteiger partial charge in [0.05, 0.1) is 5.52 Å². The normalized spacial score (nSPS) is 13.0. The largest absolute Gasteiger partial charge is 0.454 e. The molecular weight excluding hydrogens is 274 g/mol. The molecule has 2 aromatic heterocycles. The van der Waals surface area contributed by atoms with Crippen molar-refractivity contribution >= 4 is 22.9 Å². The van der Waals surface area contributed by atoms with Gasteiger partial charge in [0.25, 0.3) is 0 Å². The molecule has 3 heterocycles. The zero-order valence-corrected chi connectivity index (χ0v) is 11.3. The van der Waals surface area contributed by atoms with Gasteiger partial charge in [-0.1, -0.05) is 17.8 Å². The van der Waals surface area contributed by atoms with Crippen LogP contribution in [0.1, 0.15) is 5.56 Å². The van der Waals surface area contributed by atoms with Gasteiger partial charge in [-0.2, -0.15) is 0 Å². The maximum absolute atomic E-state index is 5.37. The van der Waals surface area contributed by atoms with Gasteiger partial charge < -0.3 is 14.5 Å². The molecular formula is C14H11N3O2S. The van der Waals surface area contributed by atoms with Crippen molar-refractivity contribution in [2.75, 3.05) is 6.79 Å². The van der Waals surface area contributed by atoms with E-state index < -0.39 is 0 Å². The number of nitrogens with zero attached hydrogens (tertiary/aromatic N) is 2. The van der Waals surface area contributed by atoms with Crippen LogP contribution in [0.5, 0.6) is 11.5 Å². The van der Waals surface area contributed by atoms with Crippen LogP contribution in [0.4, 0.5) is 0 Å². The van der Waals surface area contributed by atoms with E-state index in [4.69, 9.17) is 9.47 Å². The second-order valence-electron chi connectivity index (χ2n) is 4.39. The van der Waals surface area contributed by atoms with Crippen LogP contribution in [-0.2, 0) is 5.75 Å². The summed E-state index contributed by atoms with van der Waals surface area (Å²) in [6.07, 6.45) is 1.75. The monoisotopic (exact) mass is 285 g/mol. The van der Waals surface area contributed by atoms with E-state index in [0.29, 0.717) is 6.79 Å². The van der Waals surface area contributed by atoms with Gasteiger partial charge in [-0.3, -0.25) is 0 Å². The summed E-state index contributed by atoms with van der Waals surface area (Å²) in [5, 5.41) is 0.872. The van der Waals surface area contributed by atoms with E-state index in [-0.39, 0.29) is 0 Å². The van der Waals surface area contributed by atoms with Gasteiger partial charge in [0, 0.05) is 11.9 Å². The Bertz CT molecular complexity index is 739. The first-order chi connectivity index (χ1) is 9.88. The zero-order valence-electron chi connectivity index (χ0n) is 10.5. The van der Waals surface area contributed by atoms with E-state index in [1.165, 1.54) is 5.56 Å². The Morgan fingerprint density at radius 1 is 1.20 bits per heavy atom. The smallest absolute Gasteiger partial charge is 0.231 e. The van der Waals surface area contributed by atoms with E-state index in [0.717, 1.165) is 33.6 Å². The van der Waals surface area contributed by atoms with Crippen molar-refractivity contribution in [2.45, 2.75) is 10.9 Å². The molecule has 0 atom stereocenters. The summed E-state index contributed by atoms with van der Waals surface area (Å²) in [6.45, 7) is 0.307. The summed E-state index contributed by atoms with van der Waals surface area (Å²) in [7, 11) is 0. The molecule has 20 heavy (non-hydrogen) atoms. The van der Waals surface area contributed by atoms with Crippen LogP contribution in [0.2, 0.25) is 0 Å². The quantitative estimate of drug-likeness (QED) is 0.750. The molecule has 0 fully saturated rings. The van der Waals surface area contributed by atoms with Crippen LogP contribution in [0.25, 0.3) is 11.2 Å². The minimum absolute atomic E-state index is 0.307. The van der Waals surface area contributed by atoms with Gasteiger partial charge in [0.2, 0.25) is 6.79 Å². The number of nitrogens with one attached hydrogen (secondary N) is 1. The zero-order chi connectivity index (χ0) is 13.4. The number of fused-ring (bicyclic) bond motifs is 2. The Morgan fingerprint density at radius 3 is 3.10 bits per heavy atom. The first-order valence-corrected chi connectivity index (χ1v) is 7.19. The van der Waals surface area contributed by atoms with Crippen LogP contribution in [-0.4, -0.2) is 21.7 Å². The average Bonchev–Trinajstić information content (AvgIpc) is 3.10. The van der Waals surface area contributed by atoms with Crippen molar-refractivity contribution in [3.63, 3.8) is 0 Å². The number of pyridine rings is 1. The molecule has 0 aliphatic carbocycles. The van der Waals surface area contributed by atoms with Crippen LogP contribution in [0.15, 0.2) is 41.7 Å². The van der Waals surface area contributed by atoms with Gasteiger partial charge in [0.15, 0.2) is 22.3 Å². The molecule has 1 aromatic carbocycles. The van der Waals surface area contributed by atoms with Crippen molar-refractivity contribution in [3.8, 4) is 11.5 Å². The number of rotatable bonds is 3. The van der Waals surface area contributed by atoms with Gasteiger partial charge >= 0.3 is 0 Å². The lowest BCUT2D eigenvalue weighted by atomic mass is 10.2. The third kappa shape index (κ3) is 2.08. The fourth-order valence-electron chi connectivity index (χ4n) is 2.07. The molecule has 0 saturated carbocycles. The van der Waals surface area contributed by atoms with E-state index in [2.05, 4.69) is 15.0 Å². The fraction of sp³-hybridized carbons (Fsp3) is 0.143. The van der Waals surface area contributed by atoms with Gasteiger partial charge in [-0.05, 0) is 29.8 Å². The van der Waals surface area contributed by atoms with Crippen molar-refractivity contribution in [2.24, 2.45) is 0 Å². The molecule has 0 unspecified atom stereocenters. The lowest BCUT2D eigenvalue weighted by molar-refractivity contribution is 0.174. The number of benzene rings is 1. The fourth-order valence-corrected chi connectivity index (χ4v) is 2.89. The summed E-state index contributed by atoms with van der Waals surface area (Å²) in [5.74, 6) is 2.44. The average molecular weight is 285 g/mol. The summed E-state index contributed by atoms with van der Waals surface area (Å²) in [6, 6.07) is 9.86. The molecule has 0 radical (unpaired) electrons. The molecule has 3 aromatic rings. The predicted molar refractivity (Wildman–Crippen MR) is 76.0 cm³/mol. The Kier molecular flexibility index (Phi) is 2.74. The molecule has 4 rings (SSSR count). The highest BCUT2D eigenvalue weighted by atomic mass is 32.2. The number of H-pyrrole nitrogens is 1. The molecule has 1 aliphatic rings. The van der Waals surface area contributed by atoms with Crippen molar-refractivity contribution in [1.82, 2.24) is 15.0 Å². The Balaban J connectivity index is 1.52. The molecule has 100 valence electrons. The summed E-state index contributed by atoms with van der Waals surface area (Å²) >= 11 is 1.64. The lowest BCUT2D eigenvalue weighted by Gasteiger charge is -2.01. The van der Waals surface area contributed by atoms with Crippen molar-refractivity contribution < 1.29 is 9.47 Å². The Labute approximate surface area is 119 Å². The highest BCUT2D eigenvalue weighted by Crippen LogP contribution is 2.34. The second-order valence-corrected chi connectivity index (χ2v) is 5.36. The van der Waals surface area contributed by atoms with Crippen molar-refractivity contribution in [3.05, 3.63) is 42.1 Å². The lowest BCUT2D eigenvalue weighted by Crippen LogP contribution is -1.92. The molecule has 5 nitrogen and oxygen atoms in total. The molecule has 6 heteroatoms. The molecule has 1 N–H and O–H groups in total. The van der Waals surface area contributed by atoms with E-state index in [9.17, 15) is 0 Å². The number of aromatic amines is 1. The van der Waals surface area contributed by atoms with Gasteiger partial charge in [-0.15, -0.1) is 0 Å². The first-order valence-electron chi connectivity index (χ1n) is 6.20. The minimum atomic E-state index is 0.307. The minimum Gasteiger partial charge on any atom is -0.454 e. The number of hydrogen-bond acceptors (Lipinski definition) is 5. The number of thioether (sulfide) groups is 1. The van der Waals surface area contributed by atoms with Gasteiger partial charge in [0.1, 0.15) is 0 Å². The summed E-state index contributed by atoms with van der Waals surface area (Å²) in [5.41, 5.74) is 2.88. The Hall–Kier alpha value is -2.21. The first kappa shape index (κ1) is 11.6. The van der Waals surface area contributed by atoms with Crippen LogP contribution in [0, 0.1) is 0 Å². The van der Waals surface area contributed by atoms with E-state index in [1.54, 1.807) is 18.0 Å². The topological polar surface area (TPSA) is 60.0 Å². The highest BCUT2D eigenvalue weighted by molar-refractivity contribution is 7.98. The Morgan fingerprint density at radius 2 is 2.15 bits per heavy atom. The molecule has 0 saturated heterocycles. The third-order valence-electron chi connectivity index (χ3n) is 3.05. The molecule has 1 aliphatic heterocycles. The number of hydrogen-bond donors (Lipinski definition) is 1. The maximum Gasteiger partial charge on any atom is 0.231 e. The van der Waals surface area contributed by atoms with Gasteiger partial charge in [-0.25, -0.2) is 9.97 Å².